The monoisotopic (exact) mass is 1250 g/mol. The van der Waals surface area contributed by atoms with Gasteiger partial charge in [-0.25, -0.2) is 4.79 Å². The Kier molecular flexibility index (Phi) is 25.5. The molecule has 20 nitrogen and oxygen atoms in total. The van der Waals surface area contributed by atoms with Crippen LogP contribution in [0.15, 0.2) is 121 Å². The molecule has 0 bridgehead atoms. The van der Waals surface area contributed by atoms with Crippen LogP contribution < -0.4 is 48.7 Å². The molecule has 0 fully saturated rings. The van der Waals surface area contributed by atoms with Gasteiger partial charge in [-0.3, -0.25) is 33.6 Å². The normalized spacial score (nSPS) is 14.9. The van der Waals surface area contributed by atoms with Crippen molar-refractivity contribution in [1.29, 1.82) is 0 Å². The largest absolute Gasteiger partial charge is 0.507 e. The number of carboxylic acid groups (broad SMARTS) is 1. The molecule has 0 aliphatic heterocycles. The third-order valence-electron chi connectivity index (χ3n) is 13.3. The zero-order chi connectivity index (χ0) is 58.5. The van der Waals surface area contributed by atoms with E-state index < -0.39 is 108 Å². The summed E-state index contributed by atoms with van der Waals surface area (Å²) >= 11 is 10.1. The van der Waals surface area contributed by atoms with E-state index in [1.165, 1.54) is 13.0 Å². The van der Waals surface area contributed by atoms with Gasteiger partial charge in [-0.1, -0.05) is 116 Å². The highest BCUT2D eigenvalue weighted by molar-refractivity contribution is 14.1. The molecule has 0 aliphatic rings. The van der Waals surface area contributed by atoms with Crippen LogP contribution in [0.4, 0.5) is 0 Å². The number of aliphatic carboxylic acids is 1. The summed E-state index contributed by atoms with van der Waals surface area (Å²) in [5.74, 6) is -8.38. The molecule has 5 aromatic carbocycles. The highest BCUT2D eigenvalue weighted by Gasteiger charge is 2.37. The Bertz CT molecular complexity index is 2930. The Morgan fingerprint density at radius 2 is 1.00 bits per heavy atom. The summed E-state index contributed by atoms with van der Waals surface area (Å²) in [7, 11) is 0. The number of rotatable bonds is 30. The standard InChI is InChI=1S/C57H70IN9O11S2/c1-32(38-22-21-37-17-9-10-18-39(37)29-38)48(66-54(74)45(28-36-20-23-47(69)40(58)25-36)63-52(72)43(62-50(70)41(60)30-79)26-34-13-5-3-6-14-34)55(75)61-42(19-11-12-24-59)51(71)67-49(33(2)68)56(76)64-44(27-35-15-7-4-8-16-35)53(73)65-46(31-80)57(77)78/h3-10,13-18,20-23,25,29,32-33,41-46,48-49,68-69,79-80H,11-12,19,24,26-28,30-31,59-60H2,1-2H3,(H,61,75)(H,62,70)(H,63,72)(H,64,76)(H,65,73)(H,66,74)(H,67,71)(H,77,78)/t32-,33-,41-,42+,43+,44+,45+,46+,48+,49+/m1/s1. The van der Waals surface area contributed by atoms with Crippen LogP contribution in [0.3, 0.4) is 0 Å². The maximum atomic E-state index is 15.1. The van der Waals surface area contributed by atoms with Gasteiger partial charge >= 0.3 is 5.97 Å². The smallest absolute Gasteiger partial charge is 0.327 e. The summed E-state index contributed by atoms with van der Waals surface area (Å²) in [6.07, 6.45) is -1.16. The predicted octanol–water partition coefficient (Wildman–Crippen LogP) is 2.16. The first-order chi connectivity index (χ1) is 38.2. The number of benzene rings is 5. The van der Waals surface area contributed by atoms with Crippen LogP contribution in [0.1, 0.15) is 61.3 Å². The first-order valence-corrected chi connectivity index (χ1v) is 28.3. The van der Waals surface area contributed by atoms with Crippen LogP contribution in [0, 0.1) is 3.57 Å². The van der Waals surface area contributed by atoms with Crippen molar-refractivity contribution >= 4 is 106 Å². The van der Waals surface area contributed by atoms with E-state index in [0.29, 0.717) is 38.7 Å². The van der Waals surface area contributed by atoms with Gasteiger partial charge in [0.15, 0.2) is 0 Å². The predicted molar refractivity (Wildman–Crippen MR) is 319 cm³/mol. The maximum absolute atomic E-state index is 15.1. The third kappa shape index (κ3) is 19.2. The van der Waals surface area contributed by atoms with Crippen molar-refractivity contribution in [2.75, 3.05) is 18.1 Å². The number of phenolic OH excluding ortho intramolecular Hbond substituents is 1. The number of aliphatic hydroxyl groups is 1. The van der Waals surface area contributed by atoms with E-state index >= 15 is 9.59 Å². The fraction of sp³-hybridized carbons (Fsp3) is 0.368. The average Bonchev–Trinajstić information content (AvgIpc) is 3.47. The van der Waals surface area contributed by atoms with Gasteiger partial charge in [-0.05, 0) is 100 Å². The number of thiol groups is 2. The number of hydrogen-bond donors (Lipinski definition) is 14. The van der Waals surface area contributed by atoms with E-state index in [1.54, 1.807) is 85.8 Å². The molecule has 0 unspecified atom stereocenters. The molecule has 428 valence electrons. The number of halogens is 1. The quantitative estimate of drug-likeness (QED) is 0.0178. The minimum Gasteiger partial charge on any atom is -0.507 e. The Hall–Kier alpha value is -6.77. The topological polar surface area (TPSA) is 334 Å². The minimum absolute atomic E-state index is 0.00555. The minimum atomic E-state index is -1.72. The Morgan fingerprint density at radius 1 is 0.525 bits per heavy atom. The van der Waals surface area contributed by atoms with Gasteiger partial charge in [-0.2, -0.15) is 25.3 Å². The fourth-order valence-electron chi connectivity index (χ4n) is 8.63. The molecule has 10 atom stereocenters. The number of aromatic hydroxyl groups is 1. The van der Waals surface area contributed by atoms with Crippen molar-refractivity contribution in [2.24, 2.45) is 11.5 Å². The fourth-order valence-corrected chi connectivity index (χ4v) is 9.62. The second-order valence-electron chi connectivity index (χ2n) is 19.4. The number of unbranched alkanes of at least 4 members (excludes halogenated alkanes) is 1. The maximum Gasteiger partial charge on any atom is 0.327 e. The zero-order valence-electron chi connectivity index (χ0n) is 44.2. The lowest BCUT2D eigenvalue weighted by molar-refractivity contribution is -0.141. The number of fused-ring (bicyclic) bond motifs is 1. The van der Waals surface area contributed by atoms with E-state index in [2.05, 4.69) is 62.5 Å². The van der Waals surface area contributed by atoms with Gasteiger partial charge in [0.05, 0.1) is 15.7 Å². The van der Waals surface area contributed by atoms with Crippen LogP contribution in [-0.4, -0.2) is 135 Å². The Balaban J connectivity index is 1.50. The summed E-state index contributed by atoms with van der Waals surface area (Å²) in [6, 6.07) is 23.9. The van der Waals surface area contributed by atoms with Crippen LogP contribution in [0.5, 0.6) is 5.75 Å². The number of carbonyl (C=O) groups excluding carboxylic acids is 7. The van der Waals surface area contributed by atoms with E-state index in [1.807, 2.05) is 59.0 Å². The molecular weight excluding hydrogens is 1180 g/mol. The van der Waals surface area contributed by atoms with Gasteiger partial charge in [0, 0.05) is 36.7 Å². The molecule has 0 aromatic heterocycles. The number of aliphatic hydroxyl groups excluding tert-OH is 1. The number of hydrogen-bond acceptors (Lipinski definition) is 14. The summed E-state index contributed by atoms with van der Waals surface area (Å²) in [6.45, 7) is 3.17. The second-order valence-corrected chi connectivity index (χ2v) is 21.3. The molecule has 0 heterocycles. The molecule has 0 aliphatic carbocycles. The van der Waals surface area contributed by atoms with Crippen molar-refractivity contribution in [1.82, 2.24) is 37.2 Å². The zero-order valence-corrected chi connectivity index (χ0v) is 48.2. The van der Waals surface area contributed by atoms with Crippen LogP contribution in [-0.2, 0) is 57.6 Å². The number of carboxylic acids is 1. The first-order valence-electron chi connectivity index (χ1n) is 26.0. The molecule has 14 N–H and O–H groups in total. The Morgan fingerprint density at radius 3 is 1.54 bits per heavy atom. The number of phenols is 1. The third-order valence-corrected chi connectivity index (χ3v) is 14.9. The Labute approximate surface area is 489 Å². The molecule has 0 saturated carbocycles. The summed E-state index contributed by atoms with van der Waals surface area (Å²) in [5.41, 5.74) is 14.3. The molecule has 7 amide bonds. The molecule has 0 radical (unpaired) electrons. The van der Waals surface area contributed by atoms with Crippen molar-refractivity contribution < 1.29 is 53.7 Å². The average molecular weight is 1250 g/mol. The van der Waals surface area contributed by atoms with Crippen molar-refractivity contribution in [3.8, 4) is 5.75 Å². The molecule has 23 heteroatoms. The number of nitrogens with two attached hydrogens (primary N) is 2. The van der Waals surface area contributed by atoms with E-state index in [9.17, 15) is 44.1 Å². The van der Waals surface area contributed by atoms with Gasteiger partial charge in [0.25, 0.3) is 0 Å². The first kappa shape index (κ1) is 64.1. The molecule has 0 saturated heterocycles. The molecule has 5 rings (SSSR count). The molecular formula is C57H70IN9O11S2. The van der Waals surface area contributed by atoms with Crippen LogP contribution >= 0.6 is 47.8 Å². The lowest BCUT2D eigenvalue weighted by atomic mass is 9.90. The number of amides is 7. The van der Waals surface area contributed by atoms with Gasteiger partial charge < -0.3 is 64.0 Å². The van der Waals surface area contributed by atoms with Crippen LogP contribution in [0.25, 0.3) is 10.8 Å². The van der Waals surface area contributed by atoms with Crippen molar-refractivity contribution in [2.45, 2.75) is 113 Å². The van der Waals surface area contributed by atoms with Gasteiger partial charge in [-0.15, -0.1) is 0 Å². The van der Waals surface area contributed by atoms with E-state index in [-0.39, 0.29) is 49.5 Å². The van der Waals surface area contributed by atoms with Crippen molar-refractivity contribution in [3.63, 3.8) is 0 Å². The molecule has 0 spiro atoms. The lowest BCUT2D eigenvalue weighted by Crippen LogP contribution is -2.62. The summed E-state index contributed by atoms with van der Waals surface area (Å²) in [5, 5.41) is 51.4. The number of carbonyl (C=O) groups is 8. The summed E-state index contributed by atoms with van der Waals surface area (Å²) in [4.78, 5) is 112. The lowest BCUT2D eigenvalue weighted by Gasteiger charge is -2.31. The molecule has 80 heavy (non-hydrogen) atoms. The second kappa shape index (κ2) is 31.9. The molecule has 5 aromatic rings. The SMILES string of the molecule is C[C@H](c1ccc2ccccc2c1)[C@H](NC(=O)[C@H](Cc1ccc(O)c(I)c1)NC(=O)[C@H](Cc1ccccc1)NC(=O)[C@H](N)CS)C(=O)N[C@@H](CCCCN)C(=O)N[C@H](C(=O)N[C@@H](Cc1ccccc1)C(=O)N[C@@H](CS)C(=O)O)[C@@H](C)O. The van der Waals surface area contributed by atoms with E-state index in [4.69, 9.17) is 11.5 Å². The number of nitrogens with one attached hydrogen (secondary N) is 7. The van der Waals surface area contributed by atoms with Gasteiger partial charge in [0.1, 0.15) is 48.0 Å². The highest BCUT2D eigenvalue weighted by Crippen LogP contribution is 2.26. The van der Waals surface area contributed by atoms with Crippen LogP contribution in [0.2, 0.25) is 0 Å². The van der Waals surface area contributed by atoms with Crippen molar-refractivity contribution in [3.05, 3.63) is 147 Å². The highest BCUT2D eigenvalue weighted by atomic mass is 127. The van der Waals surface area contributed by atoms with E-state index in [0.717, 1.165) is 10.8 Å². The summed E-state index contributed by atoms with van der Waals surface area (Å²) < 4.78 is 0.451. The van der Waals surface area contributed by atoms with Gasteiger partial charge in [0.2, 0.25) is 41.4 Å².